The summed E-state index contributed by atoms with van der Waals surface area (Å²) >= 11 is 5.59. The predicted molar refractivity (Wildman–Crippen MR) is 50.2 cm³/mol. The largest absolute Gasteiger partial charge is 0.411 e. The molecule has 0 aromatic heterocycles. The van der Waals surface area contributed by atoms with Gasteiger partial charge in [0.25, 0.3) is 0 Å². The molecule has 4 heteroatoms. The zero-order valence-corrected chi connectivity index (χ0v) is 7.93. The lowest BCUT2D eigenvalue weighted by molar-refractivity contribution is 0.264. The van der Waals surface area contributed by atoms with E-state index in [-0.39, 0.29) is 0 Å². The molecular formula is C8H15ClN2O. The minimum atomic E-state index is 0.734. The fourth-order valence-electron chi connectivity index (χ4n) is 1.42. The number of hydrogen-bond acceptors (Lipinski definition) is 3. The minimum absolute atomic E-state index is 0.734. The number of alkyl halides is 1. The Bertz CT molecular complexity index is 151. The van der Waals surface area contributed by atoms with Crippen molar-refractivity contribution in [2.45, 2.75) is 19.3 Å². The fourth-order valence-corrected chi connectivity index (χ4v) is 1.54. The Hall–Kier alpha value is -0.280. The quantitative estimate of drug-likeness (QED) is 0.416. The van der Waals surface area contributed by atoms with Gasteiger partial charge in [0, 0.05) is 31.8 Å². The van der Waals surface area contributed by atoms with Gasteiger partial charge >= 0.3 is 0 Å². The molecule has 1 aliphatic heterocycles. The van der Waals surface area contributed by atoms with Gasteiger partial charge in [0.05, 0.1) is 5.71 Å². The van der Waals surface area contributed by atoms with Gasteiger partial charge < -0.3 is 10.1 Å². The Morgan fingerprint density at radius 2 is 2.08 bits per heavy atom. The van der Waals surface area contributed by atoms with E-state index < -0.39 is 0 Å². The molecule has 0 aromatic carbocycles. The zero-order chi connectivity index (χ0) is 8.81. The van der Waals surface area contributed by atoms with Crippen molar-refractivity contribution in [1.82, 2.24) is 4.90 Å². The van der Waals surface area contributed by atoms with E-state index in [9.17, 15) is 0 Å². The van der Waals surface area contributed by atoms with Gasteiger partial charge in [0.2, 0.25) is 0 Å². The SMILES string of the molecule is ON=C1CCN(CCCCl)CC1. The number of likely N-dealkylation sites (tertiary alicyclic amines) is 1. The van der Waals surface area contributed by atoms with Crippen LogP contribution in [0, 0.1) is 0 Å². The van der Waals surface area contributed by atoms with Crippen LogP contribution >= 0.6 is 11.6 Å². The number of hydrogen-bond donors (Lipinski definition) is 1. The van der Waals surface area contributed by atoms with E-state index in [0.29, 0.717) is 0 Å². The summed E-state index contributed by atoms with van der Waals surface area (Å²) in [5.41, 5.74) is 0.928. The van der Waals surface area contributed by atoms with Gasteiger partial charge in [-0.25, -0.2) is 0 Å². The number of oxime groups is 1. The normalized spacial score (nSPS) is 19.6. The first kappa shape index (κ1) is 9.81. The molecule has 1 heterocycles. The number of rotatable bonds is 3. The van der Waals surface area contributed by atoms with Crippen molar-refractivity contribution in [3.8, 4) is 0 Å². The van der Waals surface area contributed by atoms with Gasteiger partial charge in [-0.15, -0.1) is 11.6 Å². The second kappa shape index (κ2) is 5.38. The van der Waals surface area contributed by atoms with E-state index in [0.717, 1.165) is 50.5 Å². The van der Waals surface area contributed by atoms with Crippen molar-refractivity contribution < 1.29 is 5.21 Å². The van der Waals surface area contributed by atoms with Crippen LogP contribution in [0.1, 0.15) is 19.3 Å². The molecule has 1 saturated heterocycles. The molecule has 1 N–H and O–H groups in total. The van der Waals surface area contributed by atoms with E-state index in [1.807, 2.05) is 0 Å². The van der Waals surface area contributed by atoms with Gasteiger partial charge in [-0.05, 0) is 13.0 Å². The van der Waals surface area contributed by atoms with Crippen LogP contribution in [0.5, 0.6) is 0 Å². The number of piperidine rings is 1. The van der Waals surface area contributed by atoms with Gasteiger partial charge in [-0.3, -0.25) is 0 Å². The predicted octanol–water partition coefficient (Wildman–Crippen LogP) is 1.54. The Balaban J connectivity index is 2.17. The van der Waals surface area contributed by atoms with Gasteiger partial charge in [0.1, 0.15) is 0 Å². The van der Waals surface area contributed by atoms with E-state index in [2.05, 4.69) is 10.1 Å². The molecular weight excluding hydrogens is 176 g/mol. The number of halogens is 1. The maximum Gasteiger partial charge on any atom is 0.0596 e. The molecule has 70 valence electrons. The summed E-state index contributed by atoms with van der Waals surface area (Å²) in [6.07, 6.45) is 2.85. The second-order valence-corrected chi connectivity index (χ2v) is 3.43. The molecule has 0 unspecified atom stereocenters. The highest BCUT2D eigenvalue weighted by molar-refractivity contribution is 6.17. The van der Waals surface area contributed by atoms with Gasteiger partial charge in [-0.2, -0.15) is 0 Å². The zero-order valence-electron chi connectivity index (χ0n) is 7.17. The lowest BCUT2D eigenvalue weighted by Crippen LogP contribution is -2.34. The summed E-state index contributed by atoms with van der Waals surface area (Å²) in [6, 6.07) is 0. The Kier molecular flexibility index (Phi) is 4.40. The van der Waals surface area contributed by atoms with Gasteiger partial charge in [-0.1, -0.05) is 5.16 Å². The minimum Gasteiger partial charge on any atom is -0.411 e. The molecule has 3 nitrogen and oxygen atoms in total. The first-order valence-electron chi connectivity index (χ1n) is 4.35. The van der Waals surface area contributed by atoms with Crippen LogP contribution in [0.4, 0.5) is 0 Å². The first-order valence-corrected chi connectivity index (χ1v) is 4.88. The highest BCUT2D eigenvalue weighted by Crippen LogP contribution is 2.07. The molecule has 1 rings (SSSR count). The molecule has 0 aromatic rings. The van der Waals surface area contributed by atoms with Crippen LogP contribution < -0.4 is 0 Å². The van der Waals surface area contributed by atoms with E-state index >= 15 is 0 Å². The summed E-state index contributed by atoms with van der Waals surface area (Å²) < 4.78 is 0. The molecule has 1 aliphatic rings. The summed E-state index contributed by atoms with van der Waals surface area (Å²) in [7, 11) is 0. The van der Waals surface area contributed by atoms with E-state index in [1.165, 1.54) is 0 Å². The van der Waals surface area contributed by atoms with Crippen molar-refractivity contribution in [1.29, 1.82) is 0 Å². The van der Waals surface area contributed by atoms with E-state index in [1.54, 1.807) is 0 Å². The van der Waals surface area contributed by atoms with E-state index in [4.69, 9.17) is 16.8 Å². The average molecular weight is 191 g/mol. The molecule has 0 bridgehead atoms. The Labute approximate surface area is 78.0 Å². The fraction of sp³-hybridized carbons (Fsp3) is 0.875. The van der Waals surface area contributed by atoms with Crippen molar-refractivity contribution in [2.75, 3.05) is 25.5 Å². The van der Waals surface area contributed by atoms with Gasteiger partial charge in [0.15, 0.2) is 0 Å². The molecule has 1 fully saturated rings. The lowest BCUT2D eigenvalue weighted by atomic mass is 10.1. The summed E-state index contributed by atoms with van der Waals surface area (Å²) in [6.45, 7) is 3.09. The topological polar surface area (TPSA) is 35.8 Å². The summed E-state index contributed by atoms with van der Waals surface area (Å²) in [5.74, 6) is 0.734. The molecule has 12 heavy (non-hydrogen) atoms. The molecule has 0 amide bonds. The van der Waals surface area contributed by atoms with Crippen LogP contribution in [-0.4, -0.2) is 41.3 Å². The Morgan fingerprint density at radius 1 is 1.42 bits per heavy atom. The maximum absolute atomic E-state index is 8.50. The van der Waals surface area contributed by atoms with Crippen molar-refractivity contribution in [2.24, 2.45) is 5.16 Å². The number of nitrogens with zero attached hydrogens (tertiary/aromatic N) is 2. The highest BCUT2D eigenvalue weighted by Gasteiger charge is 2.13. The Morgan fingerprint density at radius 3 is 2.58 bits per heavy atom. The monoisotopic (exact) mass is 190 g/mol. The second-order valence-electron chi connectivity index (χ2n) is 3.05. The third-order valence-corrected chi connectivity index (χ3v) is 2.45. The molecule has 0 saturated carbocycles. The molecule has 0 radical (unpaired) electrons. The smallest absolute Gasteiger partial charge is 0.0596 e. The van der Waals surface area contributed by atoms with Crippen LogP contribution in [0.25, 0.3) is 0 Å². The van der Waals surface area contributed by atoms with Crippen LogP contribution in [0.3, 0.4) is 0 Å². The van der Waals surface area contributed by atoms with Crippen molar-refractivity contribution >= 4 is 17.3 Å². The first-order chi connectivity index (χ1) is 5.86. The van der Waals surface area contributed by atoms with Crippen LogP contribution in [0.15, 0.2) is 5.16 Å². The summed E-state index contributed by atoms with van der Waals surface area (Å²) in [4.78, 5) is 2.36. The molecule has 0 atom stereocenters. The van der Waals surface area contributed by atoms with Crippen LogP contribution in [-0.2, 0) is 0 Å². The average Bonchev–Trinajstić information content (AvgIpc) is 2.15. The lowest BCUT2D eigenvalue weighted by Gasteiger charge is -2.26. The highest BCUT2D eigenvalue weighted by atomic mass is 35.5. The molecule has 0 aliphatic carbocycles. The van der Waals surface area contributed by atoms with Crippen LogP contribution in [0.2, 0.25) is 0 Å². The van der Waals surface area contributed by atoms with Crippen molar-refractivity contribution in [3.05, 3.63) is 0 Å². The standard InChI is InChI=1S/C8H15ClN2O/c9-4-1-5-11-6-2-8(10-12)3-7-11/h12H,1-7H2. The maximum atomic E-state index is 8.50. The summed E-state index contributed by atoms with van der Waals surface area (Å²) in [5, 5.41) is 11.7. The third kappa shape index (κ3) is 2.99. The molecule has 0 spiro atoms. The van der Waals surface area contributed by atoms with Crippen molar-refractivity contribution in [3.63, 3.8) is 0 Å². The third-order valence-electron chi connectivity index (χ3n) is 2.18.